The third kappa shape index (κ3) is 2.94. The fourth-order valence-corrected chi connectivity index (χ4v) is 1.33. The summed E-state index contributed by atoms with van der Waals surface area (Å²) in [5, 5.41) is 8.12. The molecule has 0 aliphatic carbocycles. The van der Waals surface area contributed by atoms with Crippen molar-refractivity contribution in [3.63, 3.8) is 0 Å². The number of alkyl halides is 3. The number of carbonyl (C=O) groups excluding carboxylic acids is 1. The lowest BCUT2D eigenvalue weighted by atomic mass is 9.96. The first kappa shape index (κ1) is 13.5. The Balaban J connectivity index is 3.16. The normalized spacial score (nSPS) is 12.9. The van der Waals surface area contributed by atoms with Crippen molar-refractivity contribution in [2.24, 2.45) is 0 Å². The van der Waals surface area contributed by atoms with Crippen LogP contribution in [-0.4, -0.2) is 12.0 Å². The van der Waals surface area contributed by atoms with Crippen LogP contribution in [0.25, 0.3) is 0 Å². The van der Waals surface area contributed by atoms with Crippen molar-refractivity contribution in [1.82, 2.24) is 0 Å². The predicted molar refractivity (Wildman–Crippen MR) is 50.8 cm³/mol. The number of carbonyl (C=O) groups is 1. The summed E-state index contributed by atoms with van der Waals surface area (Å²) < 4.78 is 49.2. The lowest BCUT2D eigenvalue weighted by molar-refractivity contribution is -0.171. The van der Waals surface area contributed by atoms with Gasteiger partial charge in [-0.15, -0.1) is 0 Å². The largest absolute Gasteiger partial charge is 0.451 e. The van der Waals surface area contributed by atoms with E-state index in [9.17, 15) is 22.4 Å². The Morgan fingerprint density at radius 1 is 1.41 bits per heavy atom. The minimum atomic E-state index is -5.12. The van der Waals surface area contributed by atoms with E-state index in [1.807, 2.05) is 0 Å². The van der Waals surface area contributed by atoms with Gasteiger partial charge in [-0.05, 0) is 17.7 Å². The highest BCUT2D eigenvalue weighted by Crippen LogP contribution is 2.29. The van der Waals surface area contributed by atoms with Crippen molar-refractivity contribution in [3.05, 3.63) is 34.6 Å². The fourth-order valence-electron chi connectivity index (χ4n) is 1.14. The molecule has 90 valence electrons. The molecule has 1 aromatic carbocycles. The fraction of sp³-hybridized carbons (Fsp3) is 0.200. The van der Waals surface area contributed by atoms with E-state index in [4.69, 9.17) is 16.9 Å². The van der Waals surface area contributed by atoms with Gasteiger partial charge >= 0.3 is 6.18 Å². The molecule has 0 N–H and O–H groups in total. The molecule has 0 fully saturated rings. The van der Waals surface area contributed by atoms with Crippen LogP contribution >= 0.6 is 11.6 Å². The number of rotatable bonds is 2. The number of ketones is 1. The standard InChI is InChI=1S/C10H4ClF4NO/c11-7-3-5(1-2-8(7)12)6(4-16)9(17)10(13,14)15/h1-3,6H. The Labute approximate surface area is 98.4 Å². The zero-order valence-corrected chi connectivity index (χ0v) is 8.81. The van der Waals surface area contributed by atoms with E-state index >= 15 is 0 Å². The minimum Gasteiger partial charge on any atom is -0.288 e. The molecule has 17 heavy (non-hydrogen) atoms. The van der Waals surface area contributed by atoms with E-state index in [0.29, 0.717) is 0 Å². The van der Waals surface area contributed by atoms with Crippen LogP contribution in [0, 0.1) is 17.1 Å². The number of nitrogens with zero attached hydrogens (tertiary/aromatic N) is 1. The molecule has 0 aliphatic rings. The van der Waals surface area contributed by atoms with Crippen LogP contribution in [0.2, 0.25) is 5.02 Å². The average Bonchev–Trinajstić information content (AvgIpc) is 2.23. The third-order valence-electron chi connectivity index (χ3n) is 1.95. The second-order valence-corrected chi connectivity index (χ2v) is 3.50. The van der Waals surface area contributed by atoms with Gasteiger partial charge in [0.15, 0.2) is 0 Å². The van der Waals surface area contributed by atoms with Gasteiger partial charge in [0.1, 0.15) is 11.7 Å². The SMILES string of the molecule is N#CC(C(=O)C(F)(F)F)c1ccc(F)c(Cl)c1. The van der Waals surface area contributed by atoms with Crippen molar-refractivity contribution >= 4 is 17.4 Å². The molecule has 1 unspecified atom stereocenters. The van der Waals surface area contributed by atoms with E-state index in [0.717, 1.165) is 18.2 Å². The van der Waals surface area contributed by atoms with Crippen LogP contribution in [0.15, 0.2) is 18.2 Å². The van der Waals surface area contributed by atoms with Crippen molar-refractivity contribution in [2.45, 2.75) is 12.1 Å². The zero-order chi connectivity index (χ0) is 13.2. The zero-order valence-electron chi connectivity index (χ0n) is 8.05. The molecule has 0 amide bonds. The third-order valence-corrected chi connectivity index (χ3v) is 2.24. The van der Waals surface area contributed by atoms with Gasteiger partial charge in [0.25, 0.3) is 5.78 Å². The van der Waals surface area contributed by atoms with E-state index in [2.05, 4.69) is 0 Å². The van der Waals surface area contributed by atoms with Gasteiger partial charge in [-0.2, -0.15) is 18.4 Å². The van der Waals surface area contributed by atoms with Crippen molar-refractivity contribution in [1.29, 1.82) is 5.26 Å². The summed E-state index contributed by atoms with van der Waals surface area (Å²) in [7, 11) is 0. The summed E-state index contributed by atoms with van der Waals surface area (Å²) in [6, 6.07) is 3.76. The lowest BCUT2D eigenvalue weighted by Crippen LogP contribution is -2.28. The van der Waals surface area contributed by atoms with Gasteiger partial charge in [-0.3, -0.25) is 4.79 Å². The van der Waals surface area contributed by atoms with Crippen LogP contribution in [0.1, 0.15) is 11.5 Å². The lowest BCUT2D eigenvalue weighted by Gasteiger charge is -2.11. The number of Topliss-reactive ketones (excluding diaryl/α,β-unsaturated/α-hetero) is 1. The molecular formula is C10H4ClF4NO. The number of halogens is 5. The average molecular weight is 266 g/mol. The highest BCUT2D eigenvalue weighted by atomic mass is 35.5. The second-order valence-electron chi connectivity index (χ2n) is 3.10. The van der Waals surface area contributed by atoms with Gasteiger partial charge in [-0.25, -0.2) is 4.39 Å². The maximum Gasteiger partial charge on any atom is 0.451 e. The number of benzene rings is 1. The summed E-state index contributed by atoms with van der Waals surface area (Å²) >= 11 is 5.36. The van der Waals surface area contributed by atoms with Crippen LogP contribution in [0.5, 0.6) is 0 Å². The monoisotopic (exact) mass is 265 g/mol. The number of nitriles is 1. The Kier molecular flexibility index (Phi) is 3.73. The van der Waals surface area contributed by atoms with Crippen molar-refractivity contribution < 1.29 is 22.4 Å². The first-order valence-electron chi connectivity index (χ1n) is 4.23. The molecule has 0 saturated carbocycles. The molecular weight excluding hydrogens is 262 g/mol. The maximum atomic E-state index is 12.8. The molecule has 2 nitrogen and oxygen atoms in total. The Morgan fingerprint density at radius 2 is 2.00 bits per heavy atom. The van der Waals surface area contributed by atoms with Crippen molar-refractivity contribution in [2.75, 3.05) is 0 Å². The molecule has 1 rings (SSSR count). The van der Waals surface area contributed by atoms with Crippen LogP contribution in [0.4, 0.5) is 17.6 Å². The summed E-state index contributed by atoms with van der Waals surface area (Å²) in [5.41, 5.74) is -0.291. The molecule has 0 radical (unpaired) electrons. The molecule has 0 saturated heterocycles. The van der Waals surface area contributed by atoms with E-state index in [1.54, 1.807) is 0 Å². The smallest absolute Gasteiger partial charge is 0.288 e. The Morgan fingerprint density at radius 3 is 2.41 bits per heavy atom. The van der Waals surface area contributed by atoms with Crippen molar-refractivity contribution in [3.8, 4) is 6.07 Å². The minimum absolute atomic E-state index is 0.291. The summed E-state index contributed by atoms with van der Waals surface area (Å²) in [4.78, 5) is 10.9. The molecule has 0 spiro atoms. The summed E-state index contributed by atoms with van der Waals surface area (Å²) in [6.07, 6.45) is -5.12. The number of hydrogen-bond donors (Lipinski definition) is 0. The van der Waals surface area contributed by atoms with Gasteiger partial charge < -0.3 is 0 Å². The highest BCUT2D eigenvalue weighted by Gasteiger charge is 2.44. The molecule has 1 atom stereocenters. The molecule has 0 aliphatic heterocycles. The topological polar surface area (TPSA) is 40.9 Å². The van der Waals surface area contributed by atoms with E-state index in [-0.39, 0.29) is 5.56 Å². The van der Waals surface area contributed by atoms with Gasteiger partial charge in [0.05, 0.1) is 11.1 Å². The molecule has 0 heterocycles. The van der Waals surface area contributed by atoms with Crippen LogP contribution in [-0.2, 0) is 4.79 Å². The van der Waals surface area contributed by atoms with Gasteiger partial charge in [0.2, 0.25) is 0 Å². The first-order chi connectivity index (χ1) is 7.77. The first-order valence-corrected chi connectivity index (χ1v) is 4.60. The van der Waals surface area contributed by atoms with Crippen LogP contribution < -0.4 is 0 Å². The molecule has 1 aromatic rings. The van der Waals surface area contributed by atoms with Crippen LogP contribution in [0.3, 0.4) is 0 Å². The summed E-state index contributed by atoms with van der Waals surface area (Å²) in [6.45, 7) is 0. The Hall–Kier alpha value is -1.61. The highest BCUT2D eigenvalue weighted by molar-refractivity contribution is 6.30. The quantitative estimate of drug-likeness (QED) is 0.771. The molecule has 0 bridgehead atoms. The van der Waals surface area contributed by atoms with E-state index in [1.165, 1.54) is 6.07 Å². The Bertz CT molecular complexity index is 492. The van der Waals surface area contributed by atoms with Gasteiger partial charge in [-0.1, -0.05) is 17.7 Å². The second kappa shape index (κ2) is 4.72. The predicted octanol–water partition coefficient (Wildman–Crippen LogP) is 3.22. The number of hydrogen-bond acceptors (Lipinski definition) is 2. The van der Waals surface area contributed by atoms with E-state index < -0.39 is 28.7 Å². The molecule has 0 aromatic heterocycles. The maximum absolute atomic E-state index is 12.8. The summed E-state index contributed by atoms with van der Waals surface area (Å²) in [5.74, 6) is -5.08. The van der Waals surface area contributed by atoms with Gasteiger partial charge in [0, 0.05) is 0 Å². The molecule has 7 heteroatoms.